The van der Waals surface area contributed by atoms with E-state index in [4.69, 9.17) is 9.47 Å². The van der Waals surface area contributed by atoms with Gasteiger partial charge in [-0.05, 0) is 30.9 Å². The van der Waals surface area contributed by atoms with Crippen LogP contribution in [0.2, 0.25) is 0 Å². The van der Waals surface area contributed by atoms with Gasteiger partial charge >= 0.3 is 0 Å². The summed E-state index contributed by atoms with van der Waals surface area (Å²) in [4.78, 5) is 0. The van der Waals surface area contributed by atoms with Gasteiger partial charge < -0.3 is 9.47 Å². The van der Waals surface area contributed by atoms with Crippen LogP contribution < -0.4 is 0 Å². The second kappa shape index (κ2) is 2.86. The fourth-order valence-electron chi connectivity index (χ4n) is 1.98. The quantitative estimate of drug-likeness (QED) is 0.516. The van der Waals surface area contributed by atoms with Gasteiger partial charge in [0, 0.05) is 6.42 Å². The van der Waals surface area contributed by atoms with E-state index < -0.39 is 0 Å². The van der Waals surface area contributed by atoms with Crippen LogP contribution in [-0.2, 0) is 9.47 Å². The van der Waals surface area contributed by atoms with Gasteiger partial charge in [-0.25, -0.2) is 0 Å². The lowest BCUT2D eigenvalue weighted by molar-refractivity contribution is -0.217. The van der Waals surface area contributed by atoms with E-state index in [1.807, 2.05) is 0 Å². The molecular formula is C10H16O2. The summed E-state index contributed by atoms with van der Waals surface area (Å²) in [6, 6.07) is 0. The summed E-state index contributed by atoms with van der Waals surface area (Å²) in [5.41, 5.74) is 1.30. The molecule has 0 saturated carbocycles. The third-order valence-electron chi connectivity index (χ3n) is 2.60. The van der Waals surface area contributed by atoms with Crippen LogP contribution in [-0.4, -0.2) is 19.0 Å². The normalized spacial score (nSPS) is 41.8. The molecule has 0 aromatic rings. The molecule has 68 valence electrons. The Hall–Kier alpha value is -0.340. The lowest BCUT2D eigenvalue weighted by atomic mass is 9.95. The molecule has 2 heteroatoms. The maximum Gasteiger partial charge on any atom is 0.188 e. The Morgan fingerprint density at radius 1 is 1.50 bits per heavy atom. The van der Waals surface area contributed by atoms with Crippen LogP contribution in [0.1, 0.15) is 26.7 Å². The molecule has 2 heterocycles. The van der Waals surface area contributed by atoms with Crippen molar-refractivity contribution in [3.05, 3.63) is 11.6 Å². The molecule has 0 N–H and O–H groups in total. The Balaban J connectivity index is 2.10. The SMILES string of the molecule is CC1=CC2(CC(C)CCO2)OC1. The third-order valence-corrected chi connectivity index (χ3v) is 2.60. The van der Waals surface area contributed by atoms with Crippen molar-refractivity contribution in [1.29, 1.82) is 0 Å². The number of rotatable bonds is 0. The van der Waals surface area contributed by atoms with Crippen molar-refractivity contribution in [3.63, 3.8) is 0 Å². The van der Waals surface area contributed by atoms with Crippen molar-refractivity contribution < 1.29 is 9.47 Å². The zero-order chi connectivity index (χ0) is 8.60. The summed E-state index contributed by atoms with van der Waals surface area (Å²) in [5, 5.41) is 0. The van der Waals surface area contributed by atoms with Crippen molar-refractivity contribution in [1.82, 2.24) is 0 Å². The highest BCUT2D eigenvalue weighted by Gasteiger charge is 2.38. The first-order valence-corrected chi connectivity index (χ1v) is 4.66. The lowest BCUT2D eigenvalue weighted by Crippen LogP contribution is -2.37. The van der Waals surface area contributed by atoms with Crippen LogP contribution >= 0.6 is 0 Å². The standard InChI is InChI=1S/C10H16O2/c1-8-3-4-11-10(5-8)6-9(2)7-12-10/h6,8H,3-5,7H2,1-2H3. The van der Waals surface area contributed by atoms with Gasteiger partial charge in [0.05, 0.1) is 13.2 Å². The predicted molar refractivity (Wildman–Crippen MR) is 46.8 cm³/mol. The topological polar surface area (TPSA) is 18.5 Å². The Bertz CT molecular complexity index is 210. The van der Waals surface area contributed by atoms with Gasteiger partial charge in [-0.15, -0.1) is 0 Å². The van der Waals surface area contributed by atoms with Crippen molar-refractivity contribution in [2.24, 2.45) is 5.92 Å². The summed E-state index contributed by atoms with van der Waals surface area (Å²) < 4.78 is 11.3. The Kier molecular flexibility index (Phi) is 1.97. The van der Waals surface area contributed by atoms with Gasteiger partial charge in [0.15, 0.2) is 5.79 Å². The zero-order valence-corrected chi connectivity index (χ0v) is 7.80. The lowest BCUT2D eigenvalue weighted by Gasteiger charge is -2.34. The zero-order valence-electron chi connectivity index (χ0n) is 7.80. The highest BCUT2D eigenvalue weighted by molar-refractivity contribution is 5.13. The van der Waals surface area contributed by atoms with Crippen molar-refractivity contribution >= 4 is 0 Å². The minimum absolute atomic E-state index is 0.345. The molecule has 2 aliphatic heterocycles. The van der Waals surface area contributed by atoms with E-state index in [9.17, 15) is 0 Å². The average Bonchev–Trinajstić information content (AvgIpc) is 2.32. The summed E-state index contributed by atoms with van der Waals surface area (Å²) in [6.07, 6.45) is 4.32. The van der Waals surface area contributed by atoms with E-state index in [0.29, 0.717) is 0 Å². The monoisotopic (exact) mass is 168 g/mol. The predicted octanol–water partition coefficient (Wildman–Crippen LogP) is 2.11. The summed E-state index contributed by atoms with van der Waals surface area (Å²) in [5.74, 6) is 0.378. The molecule has 2 aliphatic rings. The highest BCUT2D eigenvalue weighted by atomic mass is 16.7. The second-order valence-corrected chi connectivity index (χ2v) is 4.04. The van der Waals surface area contributed by atoms with Gasteiger partial charge in [0.2, 0.25) is 0 Å². The molecule has 0 bridgehead atoms. The van der Waals surface area contributed by atoms with Crippen LogP contribution in [0.15, 0.2) is 11.6 Å². The van der Waals surface area contributed by atoms with Gasteiger partial charge in [0.25, 0.3) is 0 Å². The maximum atomic E-state index is 5.67. The molecule has 2 atom stereocenters. The van der Waals surface area contributed by atoms with E-state index in [2.05, 4.69) is 19.9 Å². The van der Waals surface area contributed by atoms with E-state index in [1.54, 1.807) is 0 Å². The van der Waals surface area contributed by atoms with Crippen LogP contribution in [0.4, 0.5) is 0 Å². The first kappa shape index (κ1) is 8.27. The van der Waals surface area contributed by atoms with Crippen molar-refractivity contribution in [3.8, 4) is 0 Å². The minimum Gasteiger partial charge on any atom is -0.346 e. The number of hydrogen-bond donors (Lipinski definition) is 0. The molecule has 1 spiro atoms. The molecule has 0 aliphatic carbocycles. The Morgan fingerprint density at radius 2 is 2.33 bits per heavy atom. The van der Waals surface area contributed by atoms with Crippen LogP contribution in [0, 0.1) is 5.92 Å². The Labute approximate surface area is 73.5 Å². The molecule has 0 amide bonds. The molecule has 2 rings (SSSR count). The fraction of sp³-hybridized carbons (Fsp3) is 0.800. The van der Waals surface area contributed by atoms with Crippen LogP contribution in [0.5, 0.6) is 0 Å². The molecule has 0 aromatic heterocycles. The average molecular weight is 168 g/mol. The molecule has 1 fully saturated rings. The van der Waals surface area contributed by atoms with Gasteiger partial charge in [0.1, 0.15) is 0 Å². The van der Waals surface area contributed by atoms with Crippen molar-refractivity contribution in [2.75, 3.05) is 13.2 Å². The molecule has 1 saturated heterocycles. The van der Waals surface area contributed by atoms with Crippen molar-refractivity contribution in [2.45, 2.75) is 32.5 Å². The second-order valence-electron chi connectivity index (χ2n) is 4.04. The van der Waals surface area contributed by atoms with Gasteiger partial charge in [-0.1, -0.05) is 6.92 Å². The summed E-state index contributed by atoms with van der Waals surface area (Å²) >= 11 is 0. The molecule has 2 nitrogen and oxygen atoms in total. The van der Waals surface area contributed by atoms with Crippen LogP contribution in [0.25, 0.3) is 0 Å². The molecular weight excluding hydrogens is 152 g/mol. The van der Waals surface area contributed by atoms with Crippen LogP contribution in [0.3, 0.4) is 0 Å². The third kappa shape index (κ3) is 1.41. The van der Waals surface area contributed by atoms with Gasteiger partial charge in [-0.2, -0.15) is 0 Å². The Morgan fingerprint density at radius 3 is 2.92 bits per heavy atom. The van der Waals surface area contributed by atoms with E-state index in [-0.39, 0.29) is 5.79 Å². The summed E-state index contributed by atoms with van der Waals surface area (Å²) in [7, 11) is 0. The first-order chi connectivity index (χ1) is 5.70. The van der Waals surface area contributed by atoms with E-state index >= 15 is 0 Å². The minimum atomic E-state index is -0.345. The number of ether oxygens (including phenoxy) is 2. The number of hydrogen-bond acceptors (Lipinski definition) is 2. The van der Waals surface area contributed by atoms with Gasteiger partial charge in [-0.3, -0.25) is 0 Å². The molecule has 2 unspecified atom stereocenters. The smallest absolute Gasteiger partial charge is 0.188 e. The molecule has 0 aromatic carbocycles. The van der Waals surface area contributed by atoms with E-state index in [0.717, 1.165) is 32.0 Å². The van der Waals surface area contributed by atoms with E-state index in [1.165, 1.54) is 5.57 Å². The largest absolute Gasteiger partial charge is 0.346 e. The maximum absolute atomic E-state index is 5.67. The molecule has 0 radical (unpaired) electrons. The molecule has 12 heavy (non-hydrogen) atoms. The fourth-order valence-corrected chi connectivity index (χ4v) is 1.98. The first-order valence-electron chi connectivity index (χ1n) is 4.66. The summed E-state index contributed by atoms with van der Waals surface area (Å²) in [6.45, 7) is 5.93. The highest BCUT2D eigenvalue weighted by Crippen LogP contribution is 2.35.